The minimum atomic E-state index is 0.380. The van der Waals surface area contributed by atoms with Gasteiger partial charge in [-0.25, -0.2) is 4.98 Å². The van der Waals surface area contributed by atoms with Gasteiger partial charge in [0, 0.05) is 6.20 Å². The highest BCUT2D eigenvalue weighted by Gasteiger charge is 1.97. The molecule has 0 saturated carbocycles. The molecular weight excluding hydrogens is 190 g/mol. The molecule has 15 heavy (non-hydrogen) atoms. The molecule has 1 heterocycles. The summed E-state index contributed by atoms with van der Waals surface area (Å²) >= 11 is 0. The van der Waals surface area contributed by atoms with Gasteiger partial charge in [0.1, 0.15) is 5.82 Å². The number of rotatable bonds is 7. The highest BCUT2D eigenvalue weighted by atomic mass is 16.5. The zero-order valence-electron chi connectivity index (χ0n) is 9.28. The van der Waals surface area contributed by atoms with Crippen LogP contribution in [0, 0.1) is 0 Å². The van der Waals surface area contributed by atoms with Crippen LogP contribution in [0.2, 0.25) is 0 Å². The summed E-state index contributed by atoms with van der Waals surface area (Å²) in [5.74, 6) is 0.450. The van der Waals surface area contributed by atoms with Gasteiger partial charge in [-0.1, -0.05) is 32.6 Å². The van der Waals surface area contributed by atoms with E-state index in [1.807, 2.05) is 0 Å². The van der Waals surface area contributed by atoms with Crippen molar-refractivity contribution in [3.63, 3.8) is 0 Å². The van der Waals surface area contributed by atoms with Crippen molar-refractivity contribution >= 4 is 5.82 Å². The summed E-state index contributed by atoms with van der Waals surface area (Å²) < 4.78 is 5.36. The predicted molar refractivity (Wildman–Crippen MR) is 60.7 cm³/mol. The highest BCUT2D eigenvalue weighted by Crippen LogP contribution is 2.06. The minimum Gasteiger partial charge on any atom is -0.463 e. The summed E-state index contributed by atoms with van der Waals surface area (Å²) in [6.45, 7) is 2.88. The van der Waals surface area contributed by atoms with Gasteiger partial charge in [0.15, 0.2) is 0 Å². The van der Waals surface area contributed by atoms with E-state index in [9.17, 15) is 0 Å². The standard InChI is InChI=1S/C11H19N3O/c1-2-3-4-5-6-9-15-11-13-8-7-10(12)14-11/h7-8H,2-6,9H2,1H3,(H2,12,13,14). The van der Waals surface area contributed by atoms with Gasteiger partial charge in [0.2, 0.25) is 0 Å². The maximum Gasteiger partial charge on any atom is 0.318 e. The lowest BCUT2D eigenvalue weighted by molar-refractivity contribution is 0.282. The first-order chi connectivity index (χ1) is 7.33. The molecule has 0 aliphatic carbocycles. The Morgan fingerprint density at radius 1 is 1.27 bits per heavy atom. The third-order valence-corrected chi connectivity index (χ3v) is 2.13. The number of nitrogen functional groups attached to an aromatic ring is 1. The van der Waals surface area contributed by atoms with E-state index in [2.05, 4.69) is 16.9 Å². The summed E-state index contributed by atoms with van der Waals surface area (Å²) in [5.41, 5.74) is 5.50. The molecule has 0 spiro atoms. The third-order valence-electron chi connectivity index (χ3n) is 2.13. The van der Waals surface area contributed by atoms with Crippen LogP contribution in [0.3, 0.4) is 0 Å². The van der Waals surface area contributed by atoms with Crippen LogP contribution in [0.4, 0.5) is 5.82 Å². The molecule has 84 valence electrons. The van der Waals surface area contributed by atoms with Crippen LogP contribution in [0.5, 0.6) is 6.01 Å². The first-order valence-electron chi connectivity index (χ1n) is 5.54. The van der Waals surface area contributed by atoms with Gasteiger partial charge >= 0.3 is 6.01 Å². The SMILES string of the molecule is CCCCCCCOc1nccc(N)n1. The minimum absolute atomic E-state index is 0.380. The van der Waals surface area contributed by atoms with Crippen molar-refractivity contribution in [1.29, 1.82) is 0 Å². The second kappa shape index (κ2) is 7.04. The first-order valence-corrected chi connectivity index (χ1v) is 5.54. The molecule has 0 bridgehead atoms. The molecule has 0 saturated heterocycles. The molecule has 1 aromatic rings. The van der Waals surface area contributed by atoms with Gasteiger partial charge in [-0.15, -0.1) is 0 Å². The van der Waals surface area contributed by atoms with Crippen LogP contribution in [0.15, 0.2) is 12.3 Å². The predicted octanol–water partition coefficient (Wildman–Crippen LogP) is 2.41. The Bertz CT molecular complexity index is 278. The fourth-order valence-corrected chi connectivity index (χ4v) is 1.29. The van der Waals surface area contributed by atoms with Crippen molar-refractivity contribution in [3.8, 4) is 6.01 Å². The molecule has 1 aromatic heterocycles. The van der Waals surface area contributed by atoms with Gasteiger partial charge < -0.3 is 10.5 Å². The lowest BCUT2D eigenvalue weighted by atomic mass is 10.2. The number of anilines is 1. The van der Waals surface area contributed by atoms with E-state index in [1.165, 1.54) is 25.7 Å². The maximum atomic E-state index is 5.50. The fourth-order valence-electron chi connectivity index (χ4n) is 1.29. The molecule has 0 aliphatic rings. The number of unbranched alkanes of at least 4 members (excludes halogenated alkanes) is 4. The van der Waals surface area contributed by atoms with Crippen LogP contribution in [-0.4, -0.2) is 16.6 Å². The number of hydrogen-bond acceptors (Lipinski definition) is 4. The van der Waals surface area contributed by atoms with Crippen LogP contribution < -0.4 is 10.5 Å². The fraction of sp³-hybridized carbons (Fsp3) is 0.636. The van der Waals surface area contributed by atoms with Crippen LogP contribution >= 0.6 is 0 Å². The number of aromatic nitrogens is 2. The second-order valence-corrected chi connectivity index (χ2v) is 3.53. The molecule has 0 fully saturated rings. The maximum absolute atomic E-state index is 5.50. The zero-order valence-corrected chi connectivity index (χ0v) is 9.28. The molecule has 0 radical (unpaired) electrons. The van der Waals surface area contributed by atoms with E-state index in [0.717, 1.165) is 6.42 Å². The van der Waals surface area contributed by atoms with E-state index in [0.29, 0.717) is 18.4 Å². The Labute approximate surface area is 90.9 Å². The van der Waals surface area contributed by atoms with Gasteiger partial charge in [-0.3, -0.25) is 0 Å². The van der Waals surface area contributed by atoms with Crippen LogP contribution in [0.1, 0.15) is 39.0 Å². The van der Waals surface area contributed by atoms with Crippen molar-refractivity contribution in [1.82, 2.24) is 9.97 Å². The summed E-state index contributed by atoms with van der Waals surface area (Å²) in [5, 5.41) is 0. The number of ether oxygens (including phenoxy) is 1. The van der Waals surface area contributed by atoms with Crippen molar-refractivity contribution in [2.24, 2.45) is 0 Å². The first kappa shape index (κ1) is 11.8. The molecule has 0 aliphatic heterocycles. The van der Waals surface area contributed by atoms with Crippen molar-refractivity contribution in [2.75, 3.05) is 12.3 Å². The van der Waals surface area contributed by atoms with Gasteiger partial charge in [0.25, 0.3) is 0 Å². The van der Waals surface area contributed by atoms with E-state index in [4.69, 9.17) is 10.5 Å². The van der Waals surface area contributed by atoms with Crippen LogP contribution in [0.25, 0.3) is 0 Å². The van der Waals surface area contributed by atoms with Gasteiger partial charge in [-0.2, -0.15) is 4.98 Å². The number of nitrogens with two attached hydrogens (primary N) is 1. The zero-order chi connectivity index (χ0) is 10.9. The Morgan fingerprint density at radius 2 is 2.07 bits per heavy atom. The number of nitrogens with zero attached hydrogens (tertiary/aromatic N) is 2. The molecule has 0 atom stereocenters. The van der Waals surface area contributed by atoms with Crippen molar-refractivity contribution < 1.29 is 4.74 Å². The largest absolute Gasteiger partial charge is 0.463 e. The molecule has 2 N–H and O–H groups in total. The molecule has 0 unspecified atom stereocenters. The molecular formula is C11H19N3O. The summed E-state index contributed by atoms with van der Waals surface area (Å²) in [4.78, 5) is 7.91. The van der Waals surface area contributed by atoms with E-state index in [1.54, 1.807) is 12.3 Å². The Hall–Kier alpha value is -1.32. The number of hydrogen-bond donors (Lipinski definition) is 1. The van der Waals surface area contributed by atoms with E-state index in [-0.39, 0.29) is 0 Å². The Balaban J connectivity index is 2.10. The summed E-state index contributed by atoms with van der Waals surface area (Å²) in [6.07, 6.45) is 7.70. The average Bonchev–Trinajstić information content (AvgIpc) is 2.23. The van der Waals surface area contributed by atoms with Crippen molar-refractivity contribution in [3.05, 3.63) is 12.3 Å². The smallest absolute Gasteiger partial charge is 0.318 e. The Kier molecular flexibility index (Phi) is 5.51. The monoisotopic (exact) mass is 209 g/mol. The summed E-state index contributed by atoms with van der Waals surface area (Å²) in [7, 11) is 0. The normalized spacial score (nSPS) is 10.2. The average molecular weight is 209 g/mol. The lowest BCUT2D eigenvalue weighted by Crippen LogP contribution is -2.02. The molecule has 0 amide bonds. The molecule has 4 heteroatoms. The lowest BCUT2D eigenvalue weighted by Gasteiger charge is -2.03. The topological polar surface area (TPSA) is 61.0 Å². The van der Waals surface area contributed by atoms with Crippen LogP contribution in [-0.2, 0) is 0 Å². The highest BCUT2D eigenvalue weighted by molar-refractivity contribution is 5.26. The molecule has 1 rings (SSSR count). The third kappa shape index (κ3) is 5.20. The molecule has 0 aromatic carbocycles. The van der Waals surface area contributed by atoms with E-state index < -0.39 is 0 Å². The summed E-state index contributed by atoms with van der Waals surface area (Å²) in [6, 6.07) is 2.03. The quantitative estimate of drug-likeness (QED) is 0.700. The Morgan fingerprint density at radius 3 is 2.80 bits per heavy atom. The second-order valence-electron chi connectivity index (χ2n) is 3.53. The van der Waals surface area contributed by atoms with Gasteiger partial charge in [-0.05, 0) is 12.5 Å². The van der Waals surface area contributed by atoms with Crippen molar-refractivity contribution in [2.45, 2.75) is 39.0 Å². The van der Waals surface area contributed by atoms with E-state index >= 15 is 0 Å². The molecule has 4 nitrogen and oxygen atoms in total. The van der Waals surface area contributed by atoms with Gasteiger partial charge in [0.05, 0.1) is 6.61 Å².